The van der Waals surface area contributed by atoms with Crippen molar-refractivity contribution in [1.82, 2.24) is 0 Å². The molecular weight excluding hydrogens is 268 g/mol. The molecule has 0 radical (unpaired) electrons. The summed E-state index contributed by atoms with van der Waals surface area (Å²) in [7, 11) is 0. The third-order valence-electron chi connectivity index (χ3n) is 3.36. The Hall–Kier alpha value is -2.40. The Morgan fingerprint density at radius 1 is 1.24 bits per heavy atom. The van der Waals surface area contributed by atoms with Gasteiger partial charge in [0, 0.05) is 11.6 Å². The number of nitrogens with two attached hydrogens (primary N) is 1. The summed E-state index contributed by atoms with van der Waals surface area (Å²) in [5, 5.41) is 11.1. The summed E-state index contributed by atoms with van der Waals surface area (Å²) in [4.78, 5) is 10.7. The molecule has 5 nitrogen and oxygen atoms in total. The Labute approximate surface area is 123 Å². The van der Waals surface area contributed by atoms with E-state index in [9.17, 15) is 10.1 Å². The second-order valence-corrected chi connectivity index (χ2v) is 4.86. The van der Waals surface area contributed by atoms with Crippen molar-refractivity contribution in [1.29, 1.82) is 0 Å². The second-order valence-electron chi connectivity index (χ2n) is 4.86. The third-order valence-corrected chi connectivity index (χ3v) is 3.36. The van der Waals surface area contributed by atoms with Gasteiger partial charge in [-0.2, -0.15) is 0 Å². The maximum atomic E-state index is 11.1. The number of rotatable bonds is 5. The molecule has 0 bridgehead atoms. The molecule has 0 amide bonds. The van der Waals surface area contributed by atoms with Crippen LogP contribution in [0.15, 0.2) is 42.5 Å². The molecular formula is C16H18N2O3. The Morgan fingerprint density at radius 3 is 2.48 bits per heavy atom. The van der Waals surface area contributed by atoms with Crippen LogP contribution in [0.25, 0.3) is 0 Å². The fourth-order valence-corrected chi connectivity index (χ4v) is 2.09. The molecule has 110 valence electrons. The highest BCUT2D eigenvalue weighted by molar-refractivity contribution is 5.53. The molecule has 0 aromatic heterocycles. The monoisotopic (exact) mass is 286 g/mol. The molecule has 2 aromatic carbocycles. The van der Waals surface area contributed by atoms with Gasteiger partial charge in [0.1, 0.15) is 5.75 Å². The van der Waals surface area contributed by atoms with Gasteiger partial charge in [0.25, 0.3) is 0 Å². The topological polar surface area (TPSA) is 78.4 Å². The lowest BCUT2D eigenvalue weighted by Crippen LogP contribution is -2.08. The minimum atomic E-state index is -0.425. The Morgan fingerprint density at radius 2 is 1.90 bits per heavy atom. The van der Waals surface area contributed by atoms with E-state index in [2.05, 4.69) is 0 Å². The largest absolute Gasteiger partial charge is 0.450 e. The van der Waals surface area contributed by atoms with Crippen LogP contribution in [0.5, 0.6) is 11.5 Å². The molecule has 1 atom stereocenters. The van der Waals surface area contributed by atoms with Gasteiger partial charge in [-0.25, -0.2) is 0 Å². The van der Waals surface area contributed by atoms with Gasteiger partial charge in [0.05, 0.1) is 4.92 Å². The van der Waals surface area contributed by atoms with E-state index in [1.54, 1.807) is 37.3 Å². The molecule has 0 unspecified atom stereocenters. The van der Waals surface area contributed by atoms with Crippen molar-refractivity contribution >= 4 is 5.69 Å². The zero-order valence-electron chi connectivity index (χ0n) is 12.1. The summed E-state index contributed by atoms with van der Waals surface area (Å²) in [5.74, 6) is 0.795. The van der Waals surface area contributed by atoms with Crippen molar-refractivity contribution in [2.75, 3.05) is 0 Å². The fourth-order valence-electron chi connectivity index (χ4n) is 2.09. The molecule has 0 fully saturated rings. The smallest absolute Gasteiger partial charge is 0.314 e. The third kappa shape index (κ3) is 3.38. The van der Waals surface area contributed by atoms with Gasteiger partial charge >= 0.3 is 5.69 Å². The summed E-state index contributed by atoms with van der Waals surface area (Å²) in [5.41, 5.74) is 7.53. The highest BCUT2D eigenvalue weighted by Crippen LogP contribution is 2.34. The predicted molar refractivity (Wildman–Crippen MR) is 81.6 cm³/mol. The number of aryl methyl sites for hydroxylation is 1. The lowest BCUT2D eigenvalue weighted by molar-refractivity contribution is -0.386. The minimum absolute atomic E-state index is 0.00708. The number of ether oxygens (including phenoxy) is 1. The Kier molecular flexibility index (Phi) is 4.55. The highest BCUT2D eigenvalue weighted by Gasteiger charge is 2.18. The molecule has 0 heterocycles. The maximum absolute atomic E-state index is 11.1. The second kappa shape index (κ2) is 6.37. The van der Waals surface area contributed by atoms with Crippen LogP contribution in [-0.2, 0) is 0 Å². The van der Waals surface area contributed by atoms with E-state index >= 15 is 0 Å². The van der Waals surface area contributed by atoms with E-state index in [0.717, 1.165) is 12.0 Å². The molecule has 2 N–H and O–H groups in total. The van der Waals surface area contributed by atoms with E-state index in [4.69, 9.17) is 10.5 Å². The normalized spacial score (nSPS) is 12.0. The van der Waals surface area contributed by atoms with Crippen LogP contribution in [0, 0.1) is 17.0 Å². The zero-order valence-corrected chi connectivity index (χ0v) is 12.1. The van der Waals surface area contributed by atoms with Crippen molar-refractivity contribution in [3.63, 3.8) is 0 Å². The van der Waals surface area contributed by atoms with Crippen LogP contribution in [-0.4, -0.2) is 4.92 Å². The summed E-state index contributed by atoms with van der Waals surface area (Å²) < 4.78 is 5.64. The van der Waals surface area contributed by atoms with Crippen LogP contribution in [0.1, 0.15) is 30.5 Å². The standard InChI is InChI=1S/C16H18N2O3/c1-3-14(17)12-7-9-13(10-8-12)21-15-6-4-5-11(2)16(15)18(19)20/h4-10,14H,3,17H2,1-2H3/t14-/m0/s1. The average Bonchev–Trinajstić information content (AvgIpc) is 2.47. The number of nitrogens with zero attached hydrogens (tertiary/aromatic N) is 1. The van der Waals surface area contributed by atoms with Crippen molar-refractivity contribution in [2.45, 2.75) is 26.3 Å². The van der Waals surface area contributed by atoms with E-state index in [1.165, 1.54) is 0 Å². The first-order valence-electron chi connectivity index (χ1n) is 6.80. The quantitative estimate of drug-likeness (QED) is 0.662. The first-order valence-corrected chi connectivity index (χ1v) is 6.80. The summed E-state index contributed by atoms with van der Waals surface area (Å²) in [6.07, 6.45) is 0.851. The lowest BCUT2D eigenvalue weighted by atomic mass is 10.1. The Balaban J connectivity index is 2.27. The van der Waals surface area contributed by atoms with Crippen LogP contribution < -0.4 is 10.5 Å². The number of benzene rings is 2. The van der Waals surface area contributed by atoms with Crippen molar-refractivity contribution < 1.29 is 9.66 Å². The van der Waals surface area contributed by atoms with Crippen LogP contribution in [0.3, 0.4) is 0 Å². The predicted octanol–water partition coefficient (Wildman–Crippen LogP) is 4.11. The van der Waals surface area contributed by atoms with Crippen LogP contribution in [0.2, 0.25) is 0 Å². The molecule has 0 aliphatic rings. The van der Waals surface area contributed by atoms with Gasteiger partial charge in [0.2, 0.25) is 5.75 Å². The zero-order chi connectivity index (χ0) is 15.4. The molecule has 21 heavy (non-hydrogen) atoms. The van der Waals surface area contributed by atoms with Gasteiger partial charge in [-0.15, -0.1) is 0 Å². The van der Waals surface area contributed by atoms with Gasteiger partial charge in [0.15, 0.2) is 0 Å². The fraction of sp³-hybridized carbons (Fsp3) is 0.250. The number of para-hydroxylation sites is 1. The summed E-state index contributed by atoms with van der Waals surface area (Å²) in [6, 6.07) is 12.3. The van der Waals surface area contributed by atoms with E-state index in [-0.39, 0.29) is 17.5 Å². The first kappa shape index (κ1) is 15.0. The summed E-state index contributed by atoms with van der Waals surface area (Å²) >= 11 is 0. The van der Waals surface area contributed by atoms with Gasteiger partial charge in [-0.05, 0) is 37.1 Å². The van der Waals surface area contributed by atoms with E-state index in [1.807, 2.05) is 19.1 Å². The maximum Gasteiger partial charge on any atom is 0.314 e. The van der Waals surface area contributed by atoms with Crippen LogP contribution >= 0.6 is 0 Å². The van der Waals surface area contributed by atoms with Crippen molar-refractivity contribution in [3.05, 3.63) is 63.7 Å². The molecule has 0 aliphatic heterocycles. The molecule has 0 spiro atoms. The minimum Gasteiger partial charge on any atom is -0.450 e. The molecule has 0 saturated carbocycles. The molecule has 0 aliphatic carbocycles. The SMILES string of the molecule is CC[C@H](N)c1ccc(Oc2cccc(C)c2[N+](=O)[O-])cc1. The summed E-state index contributed by atoms with van der Waals surface area (Å²) in [6.45, 7) is 3.71. The molecule has 2 aromatic rings. The Bertz CT molecular complexity index is 638. The number of nitro groups is 1. The molecule has 2 rings (SSSR count). The highest BCUT2D eigenvalue weighted by atomic mass is 16.6. The van der Waals surface area contributed by atoms with Crippen LogP contribution in [0.4, 0.5) is 5.69 Å². The van der Waals surface area contributed by atoms with Crippen molar-refractivity contribution in [3.8, 4) is 11.5 Å². The molecule has 0 saturated heterocycles. The van der Waals surface area contributed by atoms with E-state index in [0.29, 0.717) is 11.3 Å². The van der Waals surface area contributed by atoms with Crippen molar-refractivity contribution in [2.24, 2.45) is 5.73 Å². The molecule has 5 heteroatoms. The number of hydrogen-bond donors (Lipinski definition) is 1. The lowest BCUT2D eigenvalue weighted by Gasteiger charge is -2.11. The number of hydrogen-bond acceptors (Lipinski definition) is 4. The van der Waals surface area contributed by atoms with Gasteiger partial charge < -0.3 is 10.5 Å². The average molecular weight is 286 g/mol. The first-order chi connectivity index (χ1) is 10.0. The van der Waals surface area contributed by atoms with E-state index < -0.39 is 4.92 Å². The van der Waals surface area contributed by atoms with Gasteiger partial charge in [-0.1, -0.05) is 31.2 Å². The number of nitro benzene ring substituents is 1. The van der Waals surface area contributed by atoms with Gasteiger partial charge in [-0.3, -0.25) is 10.1 Å².